The molecule has 1 aromatic carbocycles. The van der Waals surface area contributed by atoms with Crippen LogP contribution in [0.1, 0.15) is 10.4 Å². The van der Waals surface area contributed by atoms with Gasteiger partial charge in [0.25, 0.3) is 11.6 Å². The number of rotatable bonds is 4. The predicted molar refractivity (Wildman–Crippen MR) is 77.7 cm³/mol. The first-order valence-electron chi connectivity index (χ1n) is 5.14. The number of benzene rings is 1. The molecule has 2 aromatic rings. The maximum absolute atomic E-state index is 12.0. The molecule has 0 aliphatic carbocycles. The average molecular weight is 331 g/mol. The number of carbonyl (C=O) groups is 1. The Bertz CT molecular complexity index is 676. The average Bonchev–Trinajstić information content (AvgIpc) is 2.86. The van der Waals surface area contributed by atoms with E-state index in [9.17, 15) is 14.9 Å². The van der Waals surface area contributed by atoms with Crippen LogP contribution in [-0.4, -0.2) is 27.3 Å². The number of anilines is 1. The van der Waals surface area contributed by atoms with Gasteiger partial charge in [-0.05, 0) is 18.4 Å². The molecule has 0 saturated heterocycles. The fourth-order valence-electron chi connectivity index (χ4n) is 1.31. The zero-order chi connectivity index (χ0) is 14.7. The number of hydrogen-bond donors (Lipinski definition) is 1. The van der Waals surface area contributed by atoms with Gasteiger partial charge in [-0.25, -0.2) is 0 Å². The van der Waals surface area contributed by atoms with Crippen molar-refractivity contribution >= 4 is 51.4 Å². The lowest BCUT2D eigenvalue weighted by Gasteiger charge is -2.02. The van der Waals surface area contributed by atoms with E-state index in [0.717, 1.165) is 6.07 Å². The molecular weight excluding hydrogens is 324 g/mol. The van der Waals surface area contributed by atoms with Crippen LogP contribution in [0.5, 0.6) is 0 Å². The summed E-state index contributed by atoms with van der Waals surface area (Å²) >= 11 is 8.31. The number of aromatic nitrogens is 2. The minimum atomic E-state index is -0.643. The van der Waals surface area contributed by atoms with Crippen LogP contribution in [-0.2, 0) is 0 Å². The van der Waals surface area contributed by atoms with Crippen molar-refractivity contribution in [2.24, 2.45) is 0 Å². The molecule has 0 saturated carbocycles. The fourth-order valence-corrected chi connectivity index (χ4v) is 2.66. The SMILES string of the molecule is CSc1nnc(NC(=O)c2ccc(Cl)c([N+](=O)[O-])c2)s1. The van der Waals surface area contributed by atoms with Gasteiger partial charge in [0.15, 0.2) is 4.34 Å². The molecule has 1 heterocycles. The third-order valence-corrected chi connectivity index (χ3v) is 4.34. The van der Waals surface area contributed by atoms with Gasteiger partial charge in [-0.1, -0.05) is 34.7 Å². The lowest BCUT2D eigenvalue weighted by molar-refractivity contribution is -0.384. The number of amides is 1. The predicted octanol–water partition coefficient (Wildman–Crippen LogP) is 3.07. The van der Waals surface area contributed by atoms with Crippen molar-refractivity contribution < 1.29 is 9.72 Å². The van der Waals surface area contributed by atoms with E-state index < -0.39 is 10.8 Å². The second-order valence-corrected chi connectivity index (χ2v) is 5.89. The Balaban J connectivity index is 2.21. The minimum Gasteiger partial charge on any atom is -0.296 e. The fraction of sp³-hybridized carbons (Fsp3) is 0.100. The van der Waals surface area contributed by atoms with Crippen LogP contribution >= 0.6 is 34.7 Å². The molecule has 10 heteroatoms. The highest BCUT2D eigenvalue weighted by Crippen LogP contribution is 2.26. The normalized spacial score (nSPS) is 10.3. The Morgan fingerprint density at radius 3 is 2.85 bits per heavy atom. The maximum Gasteiger partial charge on any atom is 0.288 e. The first-order valence-corrected chi connectivity index (χ1v) is 7.56. The molecule has 0 atom stereocenters. The maximum atomic E-state index is 12.0. The first-order chi connectivity index (χ1) is 9.51. The lowest BCUT2D eigenvalue weighted by atomic mass is 10.2. The Morgan fingerprint density at radius 2 is 2.25 bits per heavy atom. The minimum absolute atomic E-state index is 0.0212. The van der Waals surface area contributed by atoms with E-state index in [4.69, 9.17) is 11.6 Å². The number of nitro groups is 1. The molecule has 0 spiro atoms. The highest BCUT2D eigenvalue weighted by atomic mass is 35.5. The summed E-state index contributed by atoms with van der Waals surface area (Å²) in [6.45, 7) is 0. The molecule has 0 radical (unpaired) electrons. The van der Waals surface area contributed by atoms with Crippen LogP contribution in [0.15, 0.2) is 22.5 Å². The van der Waals surface area contributed by atoms with Crippen LogP contribution in [0.25, 0.3) is 0 Å². The number of nitrogens with one attached hydrogen (secondary N) is 1. The number of nitrogens with zero attached hydrogens (tertiary/aromatic N) is 3. The zero-order valence-corrected chi connectivity index (χ0v) is 12.4. The van der Waals surface area contributed by atoms with E-state index in [1.807, 2.05) is 6.26 Å². The largest absolute Gasteiger partial charge is 0.296 e. The third-order valence-electron chi connectivity index (χ3n) is 2.21. The summed E-state index contributed by atoms with van der Waals surface area (Å²) in [6.07, 6.45) is 1.84. The topological polar surface area (TPSA) is 98.0 Å². The summed E-state index contributed by atoms with van der Waals surface area (Å²) in [5.41, 5.74) is -0.191. The molecule has 1 amide bonds. The van der Waals surface area contributed by atoms with Gasteiger partial charge in [-0.3, -0.25) is 20.2 Å². The van der Waals surface area contributed by atoms with Crippen LogP contribution < -0.4 is 5.32 Å². The Hall–Kier alpha value is -1.71. The van der Waals surface area contributed by atoms with E-state index in [-0.39, 0.29) is 16.3 Å². The quantitative estimate of drug-likeness (QED) is 0.400. The van der Waals surface area contributed by atoms with Crippen LogP contribution in [0.4, 0.5) is 10.8 Å². The highest BCUT2D eigenvalue weighted by molar-refractivity contribution is 8.00. The van der Waals surface area contributed by atoms with E-state index in [1.54, 1.807) is 0 Å². The number of carbonyl (C=O) groups excluding carboxylic acids is 1. The van der Waals surface area contributed by atoms with Crippen molar-refractivity contribution in [2.75, 3.05) is 11.6 Å². The molecule has 1 aromatic heterocycles. The van der Waals surface area contributed by atoms with Crippen LogP contribution in [0.3, 0.4) is 0 Å². The van der Waals surface area contributed by atoms with Crippen molar-refractivity contribution in [3.63, 3.8) is 0 Å². The van der Waals surface area contributed by atoms with Gasteiger partial charge in [0.2, 0.25) is 5.13 Å². The van der Waals surface area contributed by atoms with Crippen molar-refractivity contribution in [2.45, 2.75) is 4.34 Å². The molecule has 20 heavy (non-hydrogen) atoms. The molecule has 104 valence electrons. The van der Waals surface area contributed by atoms with Crippen molar-refractivity contribution in [3.05, 3.63) is 38.9 Å². The molecule has 0 unspecified atom stereocenters. The van der Waals surface area contributed by atoms with Crippen molar-refractivity contribution in [3.8, 4) is 0 Å². The van der Waals surface area contributed by atoms with Crippen molar-refractivity contribution in [1.82, 2.24) is 10.2 Å². The number of hydrogen-bond acceptors (Lipinski definition) is 7. The molecular formula is C10H7ClN4O3S2. The molecule has 7 nitrogen and oxygen atoms in total. The van der Waals surface area contributed by atoms with Gasteiger partial charge in [-0.2, -0.15) is 0 Å². The van der Waals surface area contributed by atoms with E-state index >= 15 is 0 Å². The summed E-state index contributed by atoms with van der Waals surface area (Å²) in [4.78, 5) is 22.1. The van der Waals surface area contributed by atoms with Crippen molar-refractivity contribution in [1.29, 1.82) is 0 Å². The van der Waals surface area contributed by atoms with Crippen LogP contribution in [0, 0.1) is 10.1 Å². The summed E-state index contributed by atoms with van der Waals surface area (Å²) in [6, 6.07) is 3.83. The summed E-state index contributed by atoms with van der Waals surface area (Å²) in [5.74, 6) is -0.506. The molecule has 0 fully saturated rings. The van der Waals surface area contributed by atoms with Gasteiger partial charge in [0.05, 0.1) is 4.92 Å². The van der Waals surface area contributed by atoms with E-state index in [0.29, 0.717) is 9.47 Å². The molecule has 0 aliphatic heterocycles. The Labute approximate surface area is 126 Å². The van der Waals surface area contributed by atoms with Gasteiger partial charge in [0, 0.05) is 11.6 Å². The number of halogens is 1. The van der Waals surface area contributed by atoms with Gasteiger partial charge < -0.3 is 0 Å². The third kappa shape index (κ3) is 3.24. The second-order valence-electron chi connectivity index (χ2n) is 3.45. The van der Waals surface area contributed by atoms with E-state index in [1.165, 1.54) is 35.2 Å². The first kappa shape index (κ1) is 14.7. The Kier molecular flexibility index (Phi) is 4.53. The summed E-state index contributed by atoms with van der Waals surface area (Å²) in [7, 11) is 0. The van der Waals surface area contributed by atoms with Gasteiger partial charge >= 0.3 is 0 Å². The Morgan fingerprint density at radius 1 is 1.50 bits per heavy atom. The standard InChI is InChI=1S/C10H7ClN4O3S2/c1-19-10-14-13-9(20-10)12-8(16)5-2-3-6(11)7(4-5)15(17)18/h2-4H,1H3,(H,12,13,16). The van der Waals surface area contributed by atoms with Crippen LogP contribution in [0.2, 0.25) is 5.02 Å². The van der Waals surface area contributed by atoms with Gasteiger partial charge in [0.1, 0.15) is 5.02 Å². The number of thioether (sulfide) groups is 1. The highest BCUT2D eigenvalue weighted by Gasteiger charge is 2.17. The monoisotopic (exact) mass is 330 g/mol. The zero-order valence-electron chi connectivity index (χ0n) is 9.99. The summed E-state index contributed by atoms with van der Waals surface area (Å²) in [5, 5.41) is 21.2. The van der Waals surface area contributed by atoms with Gasteiger partial charge in [-0.15, -0.1) is 10.2 Å². The molecule has 2 rings (SSSR count). The molecule has 0 bridgehead atoms. The second kappa shape index (κ2) is 6.16. The summed E-state index contributed by atoms with van der Waals surface area (Å²) < 4.78 is 0.711. The van der Waals surface area contributed by atoms with E-state index in [2.05, 4.69) is 15.5 Å². The molecule has 1 N–H and O–H groups in total. The lowest BCUT2D eigenvalue weighted by Crippen LogP contribution is -2.12. The molecule has 0 aliphatic rings. The smallest absolute Gasteiger partial charge is 0.288 e. The number of nitro benzene ring substituents is 1.